The molecule has 23 heavy (non-hydrogen) atoms. The Morgan fingerprint density at radius 2 is 2.13 bits per heavy atom. The van der Waals surface area contributed by atoms with Crippen molar-refractivity contribution in [3.05, 3.63) is 29.8 Å². The van der Waals surface area contributed by atoms with Crippen LogP contribution < -0.4 is 10.2 Å². The van der Waals surface area contributed by atoms with Gasteiger partial charge in [-0.1, -0.05) is 18.2 Å². The summed E-state index contributed by atoms with van der Waals surface area (Å²) in [6.07, 6.45) is 2.26. The molecule has 0 aromatic heterocycles. The van der Waals surface area contributed by atoms with Gasteiger partial charge < -0.3 is 15.0 Å². The third-order valence-electron chi connectivity index (χ3n) is 4.41. The summed E-state index contributed by atoms with van der Waals surface area (Å²) in [5.41, 5.74) is 2.23. The monoisotopic (exact) mass is 317 g/mol. The third-order valence-corrected chi connectivity index (χ3v) is 4.41. The lowest BCUT2D eigenvalue weighted by molar-refractivity contribution is 0.136. The Hall–Kier alpha value is -2.24. The number of anilines is 1. The summed E-state index contributed by atoms with van der Waals surface area (Å²) in [5.74, 6) is 0. The van der Waals surface area contributed by atoms with Crippen molar-refractivity contribution in [1.29, 1.82) is 0 Å². The Morgan fingerprint density at radius 1 is 1.30 bits per heavy atom. The van der Waals surface area contributed by atoms with Gasteiger partial charge in [0.1, 0.15) is 0 Å². The number of likely N-dealkylation sites (tertiary alicyclic amines) is 1. The fourth-order valence-corrected chi connectivity index (χ4v) is 3.32. The van der Waals surface area contributed by atoms with Gasteiger partial charge in [0, 0.05) is 31.4 Å². The van der Waals surface area contributed by atoms with E-state index in [2.05, 4.69) is 11.4 Å². The lowest BCUT2D eigenvalue weighted by Gasteiger charge is -2.35. The van der Waals surface area contributed by atoms with E-state index in [1.807, 2.05) is 28.0 Å². The Bertz CT molecular complexity index is 590. The number of amides is 3. The van der Waals surface area contributed by atoms with Crippen LogP contribution in [0.4, 0.5) is 15.3 Å². The van der Waals surface area contributed by atoms with Crippen LogP contribution in [0.5, 0.6) is 0 Å². The van der Waals surface area contributed by atoms with Crippen LogP contribution in [0.25, 0.3) is 0 Å². The van der Waals surface area contributed by atoms with Crippen molar-refractivity contribution in [2.24, 2.45) is 0 Å². The van der Waals surface area contributed by atoms with E-state index in [1.54, 1.807) is 6.92 Å². The average Bonchev–Trinajstić information content (AvgIpc) is 2.98. The van der Waals surface area contributed by atoms with Gasteiger partial charge in [0.15, 0.2) is 0 Å². The zero-order valence-corrected chi connectivity index (χ0v) is 13.5. The zero-order valence-electron chi connectivity index (χ0n) is 13.5. The van der Waals surface area contributed by atoms with Gasteiger partial charge in [-0.15, -0.1) is 0 Å². The highest BCUT2D eigenvalue weighted by Crippen LogP contribution is 2.29. The van der Waals surface area contributed by atoms with E-state index >= 15 is 0 Å². The van der Waals surface area contributed by atoms with E-state index < -0.39 is 6.09 Å². The molecule has 1 aromatic rings. The predicted octanol–water partition coefficient (Wildman–Crippen LogP) is 2.38. The van der Waals surface area contributed by atoms with E-state index in [4.69, 9.17) is 4.74 Å². The molecule has 6 heteroatoms. The number of fused-ring (bicyclic) bond motifs is 1. The molecule has 1 saturated heterocycles. The van der Waals surface area contributed by atoms with Crippen molar-refractivity contribution in [2.45, 2.75) is 32.2 Å². The molecule has 2 aliphatic rings. The van der Waals surface area contributed by atoms with Gasteiger partial charge in [-0.2, -0.15) is 0 Å². The Morgan fingerprint density at radius 3 is 2.96 bits per heavy atom. The maximum atomic E-state index is 12.8. The molecule has 0 spiro atoms. The first-order chi connectivity index (χ1) is 11.2. The molecule has 2 heterocycles. The first kappa shape index (κ1) is 15.6. The number of carbonyl (C=O) groups excluding carboxylic acids is 2. The number of urea groups is 1. The highest BCUT2D eigenvalue weighted by atomic mass is 16.5. The fraction of sp³-hybridized carbons (Fsp3) is 0.529. The van der Waals surface area contributed by atoms with Crippen LogP contribution >= 0.6 is 0 Å². The number of alkyl carbamates (subject to hydrolysis) is 1. The molecule has 0 unspecified atom stereocenters. The highest BCUT2D eigenvalue weighted by Gasteiger charge is 2.31. The first-order valence-corrected chi connectivity index (χ1v) is 8.26. The standard InChI is InChI=1S/C17H23N3O3/c1-2-23-16(21)18-14-7-5-10-19(12-14)17(22)20-11-9-13-6-3-4-8-15(13)20/h3-4,6,8,14H,2,5,7,9-12H2,1H3,(H,18,21)/t14-/m1/s1. The molecule has 0 aliphatic carbocycles. The van der Waals surface area contributed by atoms with Gasteiger partial charge in [0.2, 0.25) is 0 Å². The van der Waals surface area contributed by atoms with Crippen LogP contribution in [0.2, 0.25) is 0 Å². The van der Waals surface area contributed by atoms with Crippen LogP contribution in [0, 0.1) is 0 Å². The summed E-state index contributed by atoms with van der Waals surface area (Å²) in [7, 11) is 0. The largest absolute Gasteiger partial charge is 0.450 e. The summed E-state index contributed by atoms with van der Waals surface area (Å²) < 4.78 is 4.92. The number of rotatable bonds is 2. The van der Waals surface area contributed by atoms with E-state index in [9.17, 15) is 9.59 Å². The summed E-state index contributed by atoms with van der Waals surface area (Å²) in [5, 5.41) is 2.84. The van der Waals surface area contributed by atoms with Crippen LogP contribution in [-0.2, 0) is 11.2 Å². The smallest absolute Gasteiger partial charge is 0.407 e. The molecular formula is C17H23N3O3. The number of nitrogens with one attached hydrogen (secondary N) is 1. The van der Waals surface area contributed by atoms with Gasteiger partial charge in [-0.25, -0.2) is 9.59 Å². The summed E-state index contributed by atoms with van der Waals surface area (Å²) in [4.78, 5) is 28.1. The predicted molar refractivity (Wildman–Crippen MR) is 87.6 cm³/mol. The SMILES string of the molecule is CCOC(=O)N[C@@H]1CCCN(C(=O)N2CCc3ccccc32)C1. The summed E-state index contributed by atoms with van der Waals surface area (Å²) >= 11 is 0. The highest BCUT2D eigenvalue weighted by molar-refractivity contribution is 5.94. The van der Waals surface area contributed by atoms with Gasteiger partial charge in [-0.3, -0.25) is 4.90 Å². The molecule has 0 saturated carbocycles. The van der Waals surface area contributed by atoms with Crippen molar-refractivity contribution < 1.29 is 14.3 Å². The van der Waals surface area contributed by atoms with Crippen molar-refractivity contribution in [3.8, 4) is 0 Å². The fourth-order valence-electron chi connectivity index (χ4n) is 3.32. The number of hydrogen-bond acceptors (Lipinski definition) is 3. The number of carbonyl (C=O) groups is 2. The average molecular weight is 317 g/mol. The second kappa shape index (κ2) is 6.89. The molecule has 0 radical (unpaired) electrons. The van der Waals surface area contributed by atoms with Crippen LogP contribution in [0.1, 0.15) is 25.3 Å². The molecule has 3 rings (SSSR count). The number of para-hydroxylation sites is 1. The van der Waals surface area contributed by atoms with Gasteiger partial charge in [-0.05, 0) is 37.8 Å². The van der Waals surface area contributed by atoms with Crippen LogP contribution in [0.15, 0.2) is 24.3 Å². The quantitative estimate of drug-likeness (QED) is 0.911. The van der Waals surface area contributed by atoms with E-state index in [1.165, 1.54) is 5.56 Å². The number of hydrogen-bond donors (Lipinski definition) is 1. The molecule has 2 aliphatic heterocycles. The van der Waals surface area contributed by atoms with Crippen molar-refractivity contribution in [1.82, 2.24) is 10.2 Å². The normalized spacial score (nSPS) is 20.1. The zero-order chi connectivity index (χ0) is 16.2. The molecule has 1 N–H and O–H groups in total. The van der Waals surface area contributed by atoms with Gasteiger partial charge >= 0.3 is 12.1 Å². The lowest BCUT2D eigenvalue weighted by Crippen LogP contribution is -2.53. The van der Waals surface area contributed by atoms with Crippen molar-refractivity contribution in [2.75, 3.05) is 31.1 Å². The topological polar surface area (TPSA) is 61.9 Å². The summed E-state index contributed by atoms with van der Waals surface area (Å²) in [6.45, 7) is 4.13. The Labute approximate surface area is 136 Å². The Kier molecular flexibility index (Phi) is 4.69. The van der Waals surface area contributed by atoms with Crippen molar-refractivity contribution >= 4 is 17.8 Å². The first-order valence-electron chi connectivity index (χ1n) is 8.26. The number of benzene rings is 1. The maximum absolute atomic E-state index is 12.8. The lowest BCUT2D eigenvalue weighted by atomic mass is 10.1. The van der Waals surface area contributed by atoms with E-state index in [0.717, 1.165) is 38.0 Å². The van der Waals surface area contributed by atoms with Crippen LogP contribution in [0.3, 0.4) is 0 Å². The molecule has 6 nitrogen and oxygen atoms in total. The summed E-state index contributed by atoms with van der Waals surface area (Å²) in [6, 6.07) is 8.04. The van der Waals surface area contributed by atoms with E-state index in [0.29, 0.717) is 13.2 Å². The number of nitrogens with zero attached hydrogens (tertiary/aromatic N) is 2. The number of ether oxygens (including phenoxy) is 1. The van der Waals surface area contributed by atoms with Gasteiger partial charge in [0.05, 0.1) is 6.61 Å². The molecular weight excluding hydrogens is 294 g/mol. The molecule has 1 aromatic carbocycles. The minimum Gasteiger partial charge on any atom is -0.450 e. The second-order valence-electron chi connectivity index (χ2n) is 5.96. The van der Waals surface area contributed by atoms with Crippen molar-refractivity contribution in [3.63, 3.8) is 0 Å². The third kappa shape index (κ3) is 3.41. The minimum absolute atomic E-state index is 0.0327. The molecule has 1 fully saturated rings. The van der Waals surface area contributed by atoms with Crippen LogP contribution in [-0.4, -0.2) is 49.3 Å². The molecule has 3 amide bonds. The maximum Gasteiger partial charge on any atom is 0.407 e. The molecule has 124 valence electrons. The van der Waals surface area contributed by atoms with Gasteiger partial charge in [0.25, 0.3) is 0 Å². The van der Waals surface area contributed by atoms with E-state index in [-0.39, 0.29) is 12.1 Å². The molecule has 1 atom stereocenters. The number of piperidine rings is 1. The molecule has 0 bridgehead atoms. The second-order valence-corrected chi connectivity index (χ2v) is 5.96. The Balaban J connectivity index is 1.63. The minimum atomic E-state index is -0.404.